The van der Waals surface area contributed by atoms with Gasteiger partial charge in [0.25, 0.3) is 5.91 Å². The van der Waals surface area contributed by atoms with Crippen LogP contribution >= 0.6 is 11.8 Å². The summed E-state index contributed by atoms with van der Waals surface area (Å²) in [5, 5.41) is 9.26. The van der Waals surface area contributed by atoms with Gasteiger partial charge in [0.1, 0.15) is 6.07 Å². The van der Waals surface area contributed by atoms with Gasteiger partial charge in [-0.1, -0.05) is 6.07 Å². The Hall–Kier alpha value is -3.77. The van der Waals surface area contributed by atoms with Gasteiger partial charge in [-0.3, -0.25) is 9.69 Å². The SMILES string of the molecule is CCOC(=O)c1ccc(N=C2SC(=Cc3ccc(OCC#N)c(OCC)c3)C(=O)N2C)cc1. The Bertz CT molecular complexity index is 1140. The number of carbonyl (C=O) groups excluding carboxylic acids is 2. The summed E-state index contributed by atoms with van der Waals surface area (Å²) in [7, 11) is 1.66. The van der Waals surface area contributed by atoms with E-state index in [0.717, 1.165) is 5.56 Å². The Morgan fingerprint density at radius 3 is 2.55 bits per heavy atom. The van der Waals surface area contributed by atoms with Crippen molar-refractivity contribution >= 4 is 40.6 Å². The number of benzene rings is 2. The van der Waals surface area contributed by atoms with Crippen molar-refractivity contribution in [1.29, 1.82) is 5.26 Å². The van der Waals surface area contributed by atoms with Gasteiger partial charge in [0.15, 0.2) is 23.3 Å². The Balaban J connectivity index is 1.81. The van der Waals surface area contributed by atoms with E-state index in [4.69, 9.17) is 19.5 Å². The third-order valence-electron chi connectivity index (χ3n) is 4.46. The Labute approximate surface area is 196 Å². The zero-order chi connectivity index (χ0) is 23.8. The summed E-state index contributed by atoms with van der Waals surface area (Å²) in [6.07, 6.45) is 1.76. The molecular weight excluding hydrogens is 442 g/mol. The Kier molecular flexibility index (Phi) is 8.11. The van der Waals surface area contributed by atoms with Gasteiger partial charge in [-0.15, -0.1) is 0 Å². The van der Waals surface area contributed by atoms with Crippen LogP contribution < -0.4 is 9.47 Å². The van der Waals surface area contributed by atoms with E-state index >= 15 is 0 Å². The molecule has 2 aromatic rings. The number of carbonyl (C=O) groups is 2. The molecule has 0 spiro atoms. The molecule has 1 aliphatic heterocycles. The maximum Gasteiger partial charge on any atom is 0.338 e. The molecule has 1 aliphatic rings. The lowest BCUT2D eigenvalue weighted by Gasteiger charge is -2.10. The minimum atomic E-state index is -0.389. The zero-order valence-corrected chi connectivity index (χ0v) is 19.3. The van der Waals surface area contributed by atoms with Crippen LogP contribution in [0.1, 0.15) is 29.8 Å². The summed E-state index contributed by atoms with van der Waals surface area (Å²) in [6.45, 7) is 4.27. The maximum absolute atomic E-state index is 12.7. The molecule has 0 unspecified atom stereocenters. The topological polar surface area (TPSA) is 101 Å². The van der Waals surface area contributed by atoms with Crippen molar-refractivity contribution in [2.45, 2.75) is 13.8 Å². The fraction of sp³-hybridized carbons (Fsp3) is 0.250. The molecule has 8 nitrogen and oxygen atoms in total. The van der Waals surface area contributed by atoms with Crippen LogP contribution in [0.3, 0.4) is 0 Å². The highest BCUT2D eigenvalue weighted by molar-refractivity contribution is 8.18. The van der Waals surface area contributed by atoms with Crippen LogP contribution in [0.2, 0.25) is 0 Å². The molecule has 170 valence electrons. The molecule has 0 saturated carbocycles. The molecule has 0 radical (unpaired) electrons. The summed E-state index contributed by atoms with van der Waals surface area (Å²) in [5.74, 6) is 0.405. The van der Waals surface area contributed by atoms with E-state index in [1.54, 1.807) is 62.5 Å². The number of nitrogens with zero attached hydrogens (tertiary/aromatic N) is 3. The summed E-state index contributed by atoms with van der Waals surface area (Å²) in [4.78, 5) is 31.1. The van der Waals surface area contributed by atoms with Gasteiger partial charge >= 0.3 is 5.97 Å². The second kappa shape index (κ2) is 11.2. The number of rotatable bonds is 8. The molecule has 0 aromatic heterocycles. The molecule has 1 heterocycles. The first-order valence-corrected chi connectivity index (χ1v) is 11.1. The smallest absolute Gasteiger partial charge is 0.338 e. The average molecular weight is 466 g/mol. The van der Waals surface area contributed by atoms with E-state index in [1.807, 2.05) is 13.0 Å². The molecule has 9 heteroatoms. The minimum Gasteiger partial charge on any atom is -0.490 e. The van der Waals surface area contributed by atoms with Gasteiger partial charge in [0.2, 0.25) is 0 Å². The first-order chi connectivity index (χ1) is 16.0. The van der Waals surface area contributed by atoms with Gasteiger partial charge in [0.05, 0.1) is 29.4 Å². The summed E-state index contributed by atoms with van der Waals surface area (Å²) in [5.41, 5.74) is 1.81. The zero-order valence-electron chi connectivity index (χ0n) is 18.5. The first kappa shape index (κ1) is 23.9. The monoisotopic (exact) mass is 465 g/mol. The van der Waals surface area contributed by atoms with Crippen LogP contribution in [-0.2, 0) is 9.53 Å². The lowest BCUT2D eigenvalue weighted by molar-refractivity contribution is -0.121. The quantitative estimate of drug-likeness (QED) is 0.421. The molecule has 0 bridgehead atoms. The maximum atomic E-state index is 12.7. The normalized spacial score (nSPS) is 15.6. The third kappa shape index (κ3) is 5.93. The minimum absolute atomic E-state index is 0.0831. The number of esters is 1. The van der Waals surface area contributed by atoms with E-state index in [1.165, 1.54) is 16.7 Å². The number of aliphatic imine (C=N–C) groups is 1. The fourth-order valence-electron chi connectivity index (χ4n) is 2.91. The van der Waals surface area contributed by atoms with Crippen LogP contribution in [0.15, 0.2) is 52.4 Å². The number of hydrogen-bond donors (Lipinski definition) is 0. The fourth-order valence-corrected chi connectivity index (χ4v) is 3.90. The summed E-state index contributed by atoms with van der Waals surface area (Å²) < 4.78 is 16.0. The van der Waals surface area contributed by atoms with Gasteiger partial charge < -0.3 is 14.2 Å². The third-order valence-corrected chi connectivity index (χ3v) is 5.52. The molecular formula is C24H23N3O5S. The standard InChI is InChI=1S/C24H23N3O5S/c1-4-30-20-14-16(6-11-19(20)32-13-12-25)15-21-22(28)27(3)24(33-21)26-18-9-7-17(8-10-18)23(29)31-5-2/h6-11,14-15H,4-5,13H2,1-3H3. The van der Waals surface area contributed by atoms with Crippen molar-refractivity contribution in [2.75, 3.05) is 26.9 Å². The van der Waals surface area contributed by atoms with E-state index < -0.39 is 0 Å². The number of ether oxygens (including phenoxy) is 3. The van der Waals surface area contributed by atoms with Crippen molar-refractivity contribution in [1.82, 2.24) is 4.90 Å². The van der Waals surface area contributed by atoms with Crippen LogP contribution in [0.4, 0.5) is 5.69 Å². The second-order valence-electron chi connectivity index (χ2n) is 6.72. The number of thioether (sulfide) groups is 1. The molecule has 1 fully saturated rings. The molecule has 0 aliphatic carbocycles. The van der Waals surface area contributed by atoms with Crippen LogP contribution in [-0.4, -0.2) is 48.8 Å². The van der Waals surface area contributed by atoms with E-state index in [9.17, 15) is 9.59 Å². The number of likely N-dealkylation sites (N-methyl/N-ethyl adjacent to an activating group) is 1. The predicted octanol–water partition coefficient (Wildman–Crippen LogP) is 4.40. The Morgan fingerprint density at radius 1 is 1.12 bits per heavy atom. The number of nitriles is 1. The molecule has 33 heavy (non-hydrogen) atoms. The van der Waals surface area contributed by atoms with Gasteiger partial charge in [0, 0.05) is 7.05 Å². The first-order valence-electron chi connectivity index (χ1n) is 10.3. The van der Waals surface area contributed by atoms with E-state index in [0.29, 0.717) is 46.0 Å². The highest BCUT2D eigenvalue weighted by atomic mass is 32.2. The largest absolute Gasteiger partial charge is 0.490 e. The lowest BCUT2D eigenvalue weighted by atomic mass is 10.2. The second-order valence-corrected chi connectivity index (χ2v) is 7.73. The summed E-state index contributed by atoms with van der Waals surface area (Å²) >= 11 is 1.25. The van der Waals surface area contributed by atoms with Crippen LogP contribution in [0, 0.1) is 11.3 Å². The molecule has 0 N–H and O–H groups in total. The highest BCUT2D eigenvalue weighted by Crippen LogP contribution is 2.35. The van der Waals surface area contributed by atoms with Crippen molar-refractivity contribution < 1.29 is 23.8 Å². The molecule has 2 aromatic carbocycles. The summed E-state index contributed by atoms with van der Waals surface area (Å²) in [6, 6.07) is 13.9. The van der Waals surface area contributed by atoms with Gasteiger partial charge in [-0.05, 0) is 73.6 Å². The van der Waals surface area contributed by atoms with Crippen LogP contribution in [0.25, 0.3) is 6.08 Å². The molecule has 3 rings (SSSR count). The van der Waals surface area contributed by atoms with Crippen LogP contribution in [0.5, 0.6) is 11.5 Å². The van der Waals surface area contributed by atoms with Crippen molar-refractivity contribution in [3.63, 3.8) is 0 Å². The van der Waals surface area contributed by atoms with Gasteiger partial charge in [-0.2, -0.15) is 5.26 Å². The average Bonchev–Trinajstić information content (AvgIpc) is 3.07. The number of hydrogen-bond acceptors (Lipinski definition) is 8. The van der Waals surface area contributed by atoms with Crippen molar-refractivity contribution in [3.8, 4) is 17.6 Å². The Morgan fingerprint density at radius 2 is 1.88 bits per heavy atom. The number of amides is 1. The van der Waals surface area contributed by atoms with Crippen molar-refractivity contribution in [2.24, 2.45) is 4.99 Å². The lowest BCUT2D eigenvalue weighted by Crippen LogP contribution is -2.23. The highest BCUT2D eigenvalue weighted by Gasteiger charge is 2.30. The van der Waals surface area contributed by atoms with Gasteiger partial charge in [-0.25, -0.2) is 9.79 Å². The van der Waals surface area contributed by atoms with E-state index in [-0.39, 0.29) is 18.5 Å². The predicted molar refractivity (Wildman–Crippen MR) is 127 cm³/mol. The molecule has 1 amide bonds. The van der Waals surface area contributed by atoms with Crippen molar-refractivity contribution in [3.05, 3.63) is 58.5 Å². The van der Waals surface area contributed by atoms with E-state index in [2.05, 4.69) is 4.99 Å². The molecule has 0 atom stereocenters. The number of amidine groups is 1. The molecule has 1 saturated heterocycles.